The van der Waals surface area contributed by atoms with E-state index in [-0.39, 0.29) is 4.90 Å². The van der Waals surface area contributed by atoms with Crippen molar-refractivity contribution < 1.29 is 13.2 Å². The van der Waals surface area contributed by atoms with E-state index in [1.807, 2.05) is 24.3 Å². The Balaban J connectivity index is 1.49. The first-order valence-corrected chi connectivity index (χ1v) is 10.4. The second kappa shape index (κ2) is 7.57. The van der Waals surface area contributed by atoms with Gasteiger partial charge in [0.05, 0.1) is 15.9 Å². The maximum atomic E-state index is 12.5. The molecule has 4 aromatic rings. The van der Waals surface area contributed by atoms with Gasteiger partial charge in [0, 0.05) is 16.3 Å². The summed E-state index contributed by atoms with van der Waals surface area (Å²) in [6.45, 7) is 0. The molecule has 1 amide bonds. The van der Waals surface area contributed by atoms with Gasteiger partial charge in [-0.05, 0) is 60.7 Å². The molecule has 0 aliphatic rings. The highest BCUT2D eigenvalue weighted by Gasteiger charge is 2.16. The Morgan fingerprint density at radius 3 is 2.31 bits per heavy atom. The number of anilines is 2. The minimum Gasteiger partial charge on any atom is -0.324 e. The predicted octanol–water partition coefficient (Wildman–Crippen LogP) is 4.27. The molecule has 29 heavy (non-hydrogen) atoms. The van der Waals surface area contributed by atoms with Crippen LogP contribution in [0.25, 0.3) is 11.0 Å². The number of amides is 1. The molecule has 0 bridgehead atoms. The van der Waals surface area contributed by atoms with Crippen LogP contribution >= 0.6 is 11.6 Å². The number of carbonyl (C=O) groups is 1. The van der Waals surface area contributed by atoms with Crippen LogP contribution in [-0.4, -0.2) is 24.3 Å². The van der Waals surface area contributed by atoms with Gasteiger partial charge in [0.2, 0.25) is 5.95 Å². The van der Waals surface area contributed by atoms with Crippen molar-refractivity contribution in [2.45, 2.75) is 4.90 Å². The van der Waals surface area contributed by atoms with Gasteiger partial charge in [-0.1, -0.05) is 23.7 Å². The van der Waals surface area contributed by atoms with Gasteiger partial charge < -0.3 is 4.98 Å². The fourth-order valence-corrected chi connectivity index (χ4v) is 3.89. The number of para-hydroxylation sites is 2. The summed E-state index contributed by atoms with van der Waals surface area (Å²) in [5.41, 5.74) is 2.23. The number of imidazole rings is 1. The molecule has 3 N–H and O–H groups in total. The molecule has 7 nitrogen and oxygen atoms in total. The number of hydrogen-bond donors (Lipinski definition) is 3. The van der Waals surface area contributed by atoms with Gasteiger partial charge in [0.1, 0.15) is 0 Å². The molecule has 4 rings (SSSR count). The molecule has 0 aliphatic heterocycles. The van der Waals surface area contributed by atoms with Gasteiger partial charge in [-0.25, -0.2) is 13.4 Å². The first-order valence-electron chi connectivity index (χ1n) is 8.55. The van der Waals surface area contributed by atoms with E-state index in [0.29, 0.717) is 22.2 Å². The molecule has 0 atom stereocenters. The van der Waals surface area contributed by atoms with Crippen LogP contribution in [0.4, 0.5) is 11.6 Å². The third-order valence-electron chi connectivity index (χ3n) is 4.14. The first-order chi connectivity index (χ1) is 13.9. The summed E-state index contributed by atoms with van der Waals surface area (Å²) >= 11 is 5.81. The van der Waals surface area contributed by atoms with E-state index in [9.17, 15) is 13.2 Å². The highest BCUT2D eigenvalue weighted by Crippen LogP contribution is 2.19. The Hall–Kier alpha value is -3.36. The molecule has 1 aromatic heterocycles. The summed E-state index contributed by atoms with van der Waals surface area (Å²) < 4.78 is 27.5. The van der Waals surface area contributed by atoms with Crippen LogP contribution in [-0.2, 0) is 10.0 Å². The highest BCUT2D eigenvalue weighted by atomic mass is 35.5. The van der Waals surface area contributed by atoms with Gasteiger partial charge in [-0.3, -0.25) is 14.8 Å². The zero-order valence-electron chi connectivity index (χ0n) is 14.9. The number of sulfonamides is 1. The summed E-state index contributed by atoms with van der Waals surface area (Å²) in [5.74, 6) is -0.0871. The molecule has 9 heteroatoms. The van der Waals surface area contributed by atoms with Gasteiger partial charge in [0.25, 0.3) is 15.9 Å². The van der Waals surface area contributed by atoms with Crippen molar-refractivity contribution in [3.05, 3.63) is 83.4 Å². The lowest BCUT2D eigenvalue weighted by atomic mass is 10.2. The molecule has 0 radical (unpaired) electrons. The van der Waals surface area contributed by atoms with E-state index < -0.39 is 15.9 Å². The number of benzene rings is 3. The van der Waals surface area contributed by atoms with Crippen molar-refractivity contribution in [3.63, 3.8) is 0 Å². The maximum Gasteiger partial charge on any atom is 0.261 e. The number of aromatic amines is 1. The Labute approximate surface area is 171 Å². The number of hydrogen-bond acceptors (Lipinski definition) is 4. The van der Waals surface area contributed by atoms with Crippen LogP contribution in [0, 0.1) is 0 Å². The Bertz CT molecular complexity index is 1250. The zero-order valence-corrected chi connectivity index (χ0v) is 16.5. The molecular formula is C20H15ClN4O3S. The van der Waals surface area contributed by atoms with E-state index in [4.69, 9.17) is 11.6 Å². The number of halogens is 1. The van der Waals surface area contributed by atoms with Crippen molar-refractivity contribution in [1.29, 1.82) is 0 Å². The maximum absolute atomic E-state index is 12.5. The Morgan fingerprint density at radius 2 is 1.62 bits per heavy atom. The largest absolute Gasteiger partial charge is 0.324 e. The standard InChI is InChI=1S/C20H15ClN4O3S/c21-14-7-9-15(10-8-14)25-29(27,28)16-11-5-13(6-12-16)19(26)24-20-22-17-3-1-2-4-18(17)23-20/h1-12,25H,(H2,22,23,24,26). The summed E-state index contributed by atoms with van der Waals surface area (Å²) in [4.78, 5) is 19.8. The molecule has 0 saturated carbocycles. The minimum atomic E-state index is -3.79. The lowest BCUT2D eigenvalue weighted by Gasteiger charge is -2.09. The number of aromatic nitrogens is 2. The Morgan fingerprint density at radius 1 is 0.931 bits per heavy atom. The van der Waals surface area contributed by atoms with Crippen LogP contribution < -0.4 is 10.0 Å². The quantitative estimate of drug-likeness (QED) is 0.443. The molecular weight excluding hydrogens is 412 g/mol. The topological polar surface area (TPSA) is 104 Å². The first kappa shape index (κ1) is 19.0. The molecule has 3 aromatic carbocycles. The van der Waals surface area contributed by atoms with Crippen molar-refractivity contribution in [3.8, 4) is 0 Å². The van der Waals surface area contributed by atoms with Crippen LogP contribution in [0.1, 0.15) is 10.4 Å². The number of nitrogens with zero attached hydrogens (tertiary/aromatic N) is 1. The van der Waals surface area contributed by atoms with Crippen molar-refractivity contribution in [2.24, 2.45) is 0 Å². The predicted molar refractivity (Wildman–Crippen MR) is 113 cm³/mol. The number of H-pyrrole nitrogens is 1. The second-order valence-electron chi connectivity index (χ2n) is 6.19. The lowest BCUT2D eigenvalue weighted by Crippen LogP contribution is -2.15. The normalized spacial score (nSPS) is 11.3. The number of nitrogens with one attached hydrogen (secondary N) is 3. The average molecular weight is 427 g/mol. The Kier molecular flexibility index (Phi) is 4.96. The van der Waals surface area contributed by atoms with Gasteiger partial charge in [-0.15, -0.1) is 0 Å². The smallest absolute Gasteiger partial charge is 0.261 e. The third-order valence-corrected chi connectivity index (χ3v) is 5.79. The van der Waals surface area contributed by atoms with Crippen LogP contribution in [0.5, 0.6) is 0 Å². The minimum absolute atomic E-state index is 0.0349. The summed E-state index contributed by atoms with van der Waals surface area (Å²) in [5, 5.41) is 3.17. The highest BCUT2D eigenvalue weighted by molar-refractivity contribution is 7.92. The third kappa shape index (κ3) is 4.23. The van der Waals surface area contributed by atoms with E-state index in [1.54, 1.807) is 24.3 Å². The van der Waals surface area contributed by atoms with Crippen LogP contribution in [0.2, 0.25) is 5.02 Å². The van der Waals surface area contributed by atoms with E-state index >= 15 is 0 Å². The summed E-state index contributed by atoms with van der Waals surface area (Å²) in [7, 11) is -3.79. The van der Waals surface area contributed by atoms with Crippen molar-refractivity contribution >= 4 is 50.2 Å². The monoisotopic (exact) mass is 426 g/mol. The van der Waals surface area contributed by atoms with E-state index in [2.05, 4.69) is 20.0 Å². The van der Waals surface area contributed by atoms with Crippen molar-refractivity contribution in [2.75, 3.05) is 10.0 Å². The SMILES string of the molecule is O=C(Nc1nc2ccccc2[nH]1)c1ccc(S(=O)(=O)Nc2ccc(Cl)cc2)cc1. The average Bonchev–Trinajstić information content (AvgIpc) is 3.12. The molecule has 1 heterocycles. The molecule has 0 unspecified atom stereocenters. The molecule has 0 fully saturated rings. The van der Waals surface area contributed by atoms with E-state index in [1.165, 1.54) is 24.3 Å². The summed E-state index contributed by atoms with van der Waals surface area (Å²) in [6.07, 6.45) is 0. The van der Waals surface area contributed by atoms with Crippen LogP contribution in [0.3, 0.4) is 0 Å². The van der Waals surface area contributed by atoms with E-state index in [0.717, 1.165) is 11.0 Å². The van der Waals surface area contributed by atoms with Gasteiger partial charge in [0.15, 0.2) is 0 Å². The van der Waals surface area contributed by atoms with Gasteiger partial charge in [-0.2, -0.15) is 0 Å². The lowest BCUT2D eigenvalue weighted by molar-refractivity contribution is 0.102. The second-order valence-corrected chi connectivity index (χ2v) is 8.31. The number of rotatable bonds is 5. The molecule has 0 saturated heterocycles. The molecule has 146 valence electrons. The number of carbonyl (C=O) groups excluding carboxylic acids is 1. The molecule has 0 spiro atoms. The van der Waals surface area contributed by atoms with Crippen LogP contribution in [0.15, 0.2) is 77.7 Å². The zero-order chi connectivity index (χ0) is 20.4. The fraction of sp³-hybridized carbons (Fsp3) is 0. The molecule has 0 aliphatic carbocycles. The number of fused-ring (bicyclic) bond motifs is 1. The summed E-state index contributed by atoms with van der Waals surface area (Å²) in [6, 6.07) is 19.3. The van der Waals surface area contributed by atoms with Crippen molar-refractivity contribution in [1.82, 2.24) is 9.97 Å². The van der Waals surface area contributed by atoms with Gasteiger partial charge >= 0.3 is 0 Å². The fourth-order valence-electron chi connectivity index (χ4n) is 2.71.